The van der Waals surface area contributed by atoms with Crippen molar-refractivity contribution in [2.45, 2.75) is 223 Å². The molecule has 14 nitrogen and oxygen atoms in total. The highest BCUT2D eigenvalue weighted by atomic mass is 16.7. The van der Waals surface area contributed by atoms with Crippen LogP contribution in [0.2, 0.25) is 0 Å². The second-order valence-electron chi connectivity index (χ2n) is 17.3. The lowest BCUT2D eigenvalue weighted by atomic mass is 9.98. The van der Waals surface area contributed by atoms with Gasteiger partial charge in [0, 0.05) is 13.0 Å². The molecule has 11 atom stereocenters. The molecule has 0 amide bonds. The van der Waals surface area contributed by atoms with Gasteiger partial charge in [-0.3, -0.25) is 4.79 Å². The van der Waals surface area contributed by atoms with Gasteiger partial charge in [0.2, 0.25) is 0 Å². The van der Waals surface area contributed by atoms with Crippen LogP contribution in [0.4, 0.5) is 0 Å². The summed E-state index contributed by atoms with van der Waals surface area (Å²) in [5, 5.41) is 72.1. The number of ether oxygens (including phenoxy) is 6. The zero-order chi connectivity index (χ0) is 47.3. The Morgan fingerprint density at radius 1 is 0.523 bits per heavy atom. The topological polar surface area (TPSA) is 214 Å². The van der Waals surface area contributed by atoms with Crippen molar-refractivity contribution in [3.05, 3.63) is 60.8 Å². The first-order valence-electron chi connectivity index (χ1n) is 24.9. The molecule has 2 saturated heterocycles. The molecule has 376 valence electrons. The van der Waals surface area contributed by atoms with Crippen LogP contribution < -0.4 is 0 Å². The molecule has 14 heteroatoms. The van der Waals surface area contributed by atoms with Crippen LogP contribution >= 0.6 is 0 Å². The molecule has 2 aliphatic heterocycles. The zero-order valence-electron chi connectivity index (χ0n) is 39.7. The Kier molecular flexibility index (Phi) is 35.0. The van der Waals surface area contributed by atoms with Crippen LogP contribution in [0, 0.1) is 0 Å². The van der Waals surface area contributed by atoms with Crippen LogP contribution in [0.5, 0.6) is 0 Å². The molecule has 0 aromatic rings. The fourth-order valence-corrected chi connectivity index (χ4v) is 7.45. The summed E-state index contributed by atoms with van der Waals surface area (Å²) in [5.41, 5.74) is 0. The number of carbonyl (C=O) groups excluding carboxylic acids is 1. The quantitative estimate of drug-likeness (QED) is 0.0190. The van der Waals surface area contributed by atoms with E-state index in [4.69, 9.17) is 28.4 Å². The number of aliphatic hydroxyl groups excluding tert-OH is 7. The Hall–Kier alpha value is -2.31. The largest absolute Gasteiger partial charge is 0.457 e. The third-order valence-electron chi connectivity index (χ3n) is 11.5. The van der Waals surface area contributed by atoms with E-state index in [2.05, 4.69) is 74.6 Å². The molecule has 0 bridgehead atoms. The van der Waals surface area contributed by atoms with Gasteiger partial charge in [0.15, 0.2) is 12.6 Å². The summed E-state index contributed by atoms with van der Waals surface area (Å²) in [6.07, 6.45) is 28.5. The average Bonchev–Trinajstić information content (AvgIpc) is 3.30. The summed E-state index contributed by atoms with van der Waals surface area (Å²) in [7, 11) is 0. The number of carbonyl (C=O) groups is 1. The lowest BCUT2D eigenvalue weighted by Gasteiger charge is -2.42. The third kappa shape index (κ3) is 26.7. The van der Waals surface area contributed by atoms with Crippen LogP contribution in [0.1, 0.15) is 155 Å². The number of aliphatic hydroxyl groups is 7. The molecule has 0 aromatic carbocycles. The molecule has 11 unspecified atom stereocenters. The number of hydrogen-bond donors (Lipinski definition) is 7. The van der Waals surface area contributed by atoms with Gasteiger partial charge in [-0.05, 0) is 77.0 Å². The maximum absolute atomic E-state index is 13.0. The number of rotatable bonds is 38. The summed E-state index contributed by atoms with van der Waals surface area (Å²) in [6.45, 7) is 3.48. The van der Waals surface area contributed by atoms with E-state index in [0.717, 1.165) is 89.9 Å². The molecule has 0 spiro atoms. The van der Waals surface area contributed by atoms with Crippen LogP contribution in [-0.4, -0.2) is 142 Å². The Morgan fingerprint density at radius 3 is 1.57 bits per heavy atom. The van der Waals surface area contributed by atoms with Gasteiger partial charge in [-0.25, -0.2) is 0 Å². The molecule has 2 heterocycles. The van der Waals surface area contributed by atoms with Gasteiger partial charge in [0.1, 0.15) is 54.9 Å². The molecule has 0 saturated carbocycles. The van der Waals surface area contributed by atoms with Crippen molar-refractivity contribution in [3.8, 4) is 0 Å². The third-order valence-corrected chi connectivity index (χ3v) is 11.5. The summed E-state index contributed by atoms with van der Waals surface area (Å²) < 4.78 is 34.2. The lowest BCUT2D eigenvalue weighted by Crippen LogP contribution is -2.61. The molecule has 2 aliphatic rings. The minimum atomic E-state index is -1.71. The Bertz CT molecular complexity index is 1300. The predicted octanol–water partition coefficient (Wildman–Crippen LogP) is 6.96. The van der Waals surface area contributed by atoms with Crippen LogP contribution in [0.15, 0.2) is 60.8 Å². The normalized spacial score (nSPS) is 27.0. The number of esters is 1. The first kappa shape index (κ1) is 58.8. The van der Waals surface area contributed by atoms with Crippen molar-refractivity contribution >= 4 is 5.97 Å². The monoisotopic (exact) mass is 925 g/mol. The molecule has 0 aliphatic carbocycles. The second-order valence-corrected chi connectivity index (χ2v) is 17.3. The zero-order valence-corrected chi connectivity index (χ0v) is 39.7. The fraction of sp³-hybridized carbons (Fsp3) is 0.784. The average molecular weight is 925 g/mol. The Morgan fingerprint density at radius 2 is 1.00 bits per heavy atom. The van der Waals surface area contributed by atoms with E-state index in [1.807, 2.05) is 0 Å². The van der Waals surface area contributed by atoms with Crippen LogP contribution in [0.25, 0.3) is 0 Å². The van der Waals surface area contributed by atoms with Gasteiger partial charge in [-0.15, -0.1) is 0 Å². The molecule has 2 fully saturated rings. The van der Waals surface area contributed by atoms with Gasteiger partial charge < -0.3 is 64.2 Å². The molecular formula is C51H88O14. The summed E-state index contributed by atoms with van der Waals surface area (Å²) in [4.78, 5) is 13.0. The fourth-order valence-electron chi connectivity index (χ4n) is 7.45. The van der Waals surface area contributed by atoms with Crippen molar-refractivity contribution < 1.29 is 69.0 Å². The van der Waals surface area contributed by atoms with E-state index in [9.17, 15) is 40.5 Å². The number of unbranched alkanes of at least 4 members (excludes halogenated alkanes) is 14. The van der Waals surface area contributed by atoms with E-state index in [1.165, 1.54) is 38.5 Å². The highest BCUT2D eigenvalue weighted by Crippen LogP contribution is 2.26. The van der Waals surface area contributed by atoms with Crippen LogP contribution in [0.3, 0.4) is 0 Å². The Balaban J connectivity index is 1.80. The van der Waals surface area contributed by atoms with Gasteiger partial charge >= 0.3 is 5.97 Å². The number of allylic oxidation sites excluding steroid dienone is 10. The minimum absolute atomic E-state index is 0.0445. The standard InChI is InChI=1S/C51H88O14/c1-3-5-7-9-11-13-15-17-19-21-23-25-27-29-31-33-35-60-37-40(63-43(53)34-32-30-28-26-24-22-20-18-16-14-12-10-8-6-4-2)38-61-50-49(59)47(57)45(55)42(65-50)39-62-51-48(58)46(56)44(54)41(36-52)64-51/h6,8,11-14,17-20,40-42,44-52,54-59H,3-5,7,9-10,15-16,21-39H2,1-2H3/b8-6-,13-11-,14-12-,19-17-,20-18-. The Labute approximate surface area is 390 Å². The molecular weight excluding hydrogens is 837 g/mol. The summed E-state index contributed by atoms with van der Waals surface area (Å²) in [6, 6.07) is 0. The highest BCUT2D eigenvalue weighted by Gasteiger charge is 2.47. The van der Waals surface area contributed by atoms with Gasteiger partial charge in [-0.2, -0.15) is 0 Å². The predicted molar refractivity (Wildman–Crippen MR) is 252 cm³/mol. The van der Waals surface area contributed by atoms with Crippen molar-refractivity contribution in [1.82, 2.24) is 0 Å². The minimum Gasteiger partial charge on any atom is -0.457 e. The van der Waals surface area contributed by atoms with Crippen molar-refractivity contribution in [2.75, 3.05) is 33.0 Å². The van der Waals surface area contributed by atoms with Crippen molar-refractivity contribution in [3.63, 3.8) is 0 Å². The van der Waals surface area contributed by atoms with E-state index in [-0.39, 0.29) is 19.6 Å². The summed E-state index contributed by atoms with van der Waals surface area (Å²) in [5.74, 6) is -0.400. The van der Waals surface area contributed by atoms with Crippen molar-refractivity contribution in [2.24, 2.45) is 0 Å². The van der Waals surface area contributed by atoms with Crippen molar-refractivity contribution in [1.29, 1.82) is 0 Å². The second kappa shape index (κ2) is 38.6. The molecule has 0 radical (unpaired) electrons. The highest BCUT2D eigenvalue weighted by molar-refractivity contribution is 5.69. The maximum Gasteiger partial charge on any atom is 0.306 e. The van der Waals surface area contributed by atoms with Crippen LogP contribution in [-0.2, 0) is 33.2 Å². The first-order chi connectivity index (χ1) is 31.6. The first-order valence-corrected chi connectivity index (χ1v) is 24.9. The molecule has 7 N–H and O–H groups in total. The molecule has 65 heavy (non-hydrogen) atoms. The SMILES string of the molecule is CC/C=C\C/C=C\C/C=C\CCCCCCCC(=O)OC(COCCCCCCCC/C=C\C/C=C\CCCCC)COC1OC(COC2OC(CO)C(O)C(O)C2O)C(O)C(O)C1O. The van der Waals surface area contributed by atoms with Gasteiger partial charge in [-0.1, -0.05) is 132 Å². The molecule has 0 aromatic heterocycles. The van der Waals surface area contributed by atoms with E-state index < -0.39 is 86.7 Å². The van der Waals surface area contributed by atoms with Gasteiger partial charge in [0.05, 0.1) is 26.4 Å². The maximum atomic E-state index is 13.0. The smallest absolute Gasteiger partial charge is 0.306 e. The van der Waals surface area contributed by atoms with E-state index >= 15 is 0 Å². The van der Waals surface area contributed by atoms with E-state index in [1.54, 1.807) is 0 Å². The van der Waals surface area contributed by atoms with Gasteiger partial charge in [0.25, 0.3) is 0 Å². The van der Waals surface area contributed by atoms with E-state index in [0.29, 0.717) is 13.0 Å². The molecule has 2 rings (SSSR count). The number of hydrogen-bond acceptors (Lipinski definition) is 14. The summed E-state index contributed by atoms with van der Waals surface area (Å²) >= 11 is 0. The lowest BCUT2D eigenvalue weighted by molar-refractivity contribution is -0.332.